The fourth-order valence-corrected chi connectivity index (χ4v) is 3.76. The molecule has 0 radical (unpaired) electrons. The van der Waals surface area contributed by atoms with Gasteiger partial charge in [-0.15, -0.1) is 0 Å². The molecule has 0 aromatic carbocycles. The van der Waals surface area contributed by atoms with Gasteiger partial charge in [-0.3, -0.25) is 4.79 Å². The minimum absolute atomic E-state index is 0.114. The lowest BCUT2D eigenvalue weighted by atomic mass is 10.1. The average Bonchev–Trinajstić information content (AvgIpc) is 2.27. The summed E-state index contributed by atoms with van der Waals surface area (Å²) in [6.45, 7) is 2.19. The zero-order valence-corrected chi connectivity index (χ0v) is 11.0. The third-order valence-corrected chi connectivity index (χ3v) is 5.29. The summed E-state index contributed by atoms with van der Waals surface area (Å²) in [6.07, 6.45) is 2.53. The van der Waals surface area contributed by atoms with E-state index in [1.807, 2.05) is 6.92 Å². The SMILES string of the molecule is CCC(O)CCNC(=O)C1CCCCS1(=O)=O. The van der Waals surface area contributed by atoms with E-state index in [1.54, 1.807) is 0 Å². The highest BCUT2D eigenvalue weighted by Crippen LogP contribution is 2.19. The van der Waals surface area contributed by atoms with Crippen molar-refractivity contribution < 1.29 is 18.3 Å². The van der Waals surface area contributed by atoms with Gasteiger partial charge in [-0.2, -0.15) is 0 Å². The van der Waals surface area contributed by atoms with Crippen LogP contribution in [-0.2, 0) is 14.6 Å². The standard InChI is InChI=1S/C11H21NO4S/c1-2-9(13)6-7-12-11(14)10-5-3-4-8-17(10,15)16/h9-10,13H,2-8H2,1H3,(H,12,14). The molecule has 0 bridgehead atoms. The summed E-state index contributed by atoms with van der Waals surface area (Å²) in [4.78, 5) is 11.7. The van der Waals surface area contributed by atoms with Crippen LogP contribution >= 0.6 is 0 Å². The van der Waals surface area contributed by atoms with E-state index < -0.39 is 27.1 Å². The Morgan fingerprint density at radius 1 is 1.47 bits per heavy atom. The van der Waals surface area contributed by atoms with Crippen LogP contribution in [0, 0.1) is 0 Å². The molecule has 0 aromatic heterocycles. The van der Waals surface area contributed by atoms with E-state index in [4.69, 9.17) is 0 Å². The first-order valence-corrected chi connectivity index (χ1v) is 7.86. The van der Waals surface area contributed by atoms with Crippen LogP contribution in [0.5, 0.6) is 0 Å². The van der Waals surface area contributed by atoms with Crippen molar-refractivity contribution >= 4 is 15.7 Å². The maximum atomic E-state index is 11.7. The van der Waals surface area contributed by atoms with Crippen LogP contribution in [0.25, 0.3) is 0 Å². The topological polar surface area (TPSA) is 83.5 Å². The molecule has 1 amide bonds. The number of aliphatic hydroxyl groups is 1. The highest BCUT2D eigenvalue weighted by molar-refractivity contribution is 7.92. The first-order chi connectivity index (χ1) is 7.97. The fourth-order valence-electron chi connectivity index (χ4n) is 1.93. The molecular weight excluding hydrogens is 242 g/mol. The summed E-state index contributed by atoms with van der Waals surface area (Å²) in [5.74, 6) is -0.295. The van der Waals surface area contributed by atoms with Crippen LogP contribution in [0.1, 0.15) is 39.0 Å². The van der Waals surface area contributed by atoms with Gasteiger partial charge in [0.2, 0.25) is 5.91 Å². The first-order valence-electron chi connectivity index (χ1n) is 6.14. The van der Waals surface area contributed by atoms with E-state index in [9.17, 15) is 18.3 Å². The maximum absolute atomic E-state index is 11.7. The normalized spacial score (nSPS) is 25.2. The number of sulfone groups is 1. The fraction of sp³-hybridized carbons (Fsp3) is 0.909. The van der Waals surface area contributed by atoms with Gasteiger partial charge in [0.15, 0.2) is 9.84 Å². The van der Waals surface area contributed by atoms with Crippen LogP contribution in [0.2, 0.25) is 0 Å². The predicted octanol–water partition coefficient (Wildman–Crippen LogP) is 0.231. The Balaban J connectivity index is 2.41. The molecule has 2 N–H and O–H groups in total. The van der Waals surface area contributed by atoms with Crippen molar-refractivity contribution in [3.05, 3.63) is 0 Å². The Morgan fingerprint density at radius 2 is 2.18 bits per heavy atom. The molecule has 17 heavy (non-hydrogen) atoms. The molecule has 1 fully saturated rings. The van der Waals surface area contributed by atoms with E-state index in [0.717, 1.165) is 6.42 Å². The second-order valence-corrected chi connectivity index (χ2v) is 6.80. The minimum Gasteiger partial charge on any atom is -0.393 e. The van der Waals surface area contributed by atoms with Crippen LogP contribution in [0.4, 0.5) is 0 Å². The van der Waals surface area contributed by atoms with Gasteiger partial charge in [-0.1, -0.05) is 13.3 Å². The van der Waals surface area contributed by atoms with E-state index in [1.165, 1.54) is 0 Å². The largest absolute Gasteiger partial charge is 0.393 e. The maximum Gasteiger partial charge on any atom is 0.238 e. The quantitative estimate of drug-likeness (QED) is 0.744. The van der Waals surface area contributed by atoms with Crippen LogP contribution in [-0.4, -0.2) is 43.1 Å². The second kappa shape index (κ2) is 6.35. The number of hydrogen-bond donors (Lipinski definition) is 2. The van der Waals surface area contributed by atoms with Gasteiger partial charge < -0.3 is 10.4 Å². The van der Waals surface area contributed by atoms with Crippen molar-refractivity contribution in [2.45, 2.75) is 50.4 Å². The van der Waals surface area contributed by atoms with Gasteiger partial charge in [0.25, 0.3) is 0 Å². The Kier molecular flexibility index (Phi) is 5.39. The molecule has 0 aromatic rings. The van der Waals surface area contributed by atoms with Crippen molar-refractivity contribution in [1.82, 2.24) is 5.32 Å². The molecule has 1 aliphatic rings. The van der Waals surface area contributed by atoms with Crippen LogP contribution in [0.3, 0.4) is 0 Å². The van der Waals surface area contributed by atoms with Crippen molar-refractivity contribution in [3.8, 4) is 0 Å². The molecule has 100 valence electrons. The summed E-state index contributed by atoms with van der Waals surface area (Å²) < 4.78 is 23.3. The smallest absolute Gasteiger partial charge is 0.238 e. The summed E-state index contributed by atoms with van der Waals surface area (Å²) in [5.41, 5.74) is 0. The van der Waals surface area contributed by atoms with E-state index >= 15 is 0 Å². The summed E-state index contributed by atoms with van der Waals surface area (Å²) >= 11 is 0. The highest BCUT2D eigenvalue weighted by atomic mass is 32.2. The highest BCUT2D eigenvalue weighted by Gasteiger charge is 2.34. The first kappa shape index (κ1) is 14.4. The zero-order valence-electron chi connectivity index (χ0n) is 10.2. The van der Waals surface area contributed by atoms with Gasteiger partial charge >= 0.3 is 0 Å². The molecule has 1 heterocycles. The van der Waals surface area contributed by atoms with Crippen molar-refractivity contribution in [3.63, 3.8) is 0 Å². The van der Waals surface area contributed by atoms with Gasteiger partial charge in [-0.25, -0.2) is 8.42 Å². The van der Waals surface area contributed by atoms with E-state index in [-0.39, 0.29) is 5.75 Å². The number of aliphatic hydroxyl groups excluding tert-OH is 1. The number of carbonyl (C=O) groups excluding carboxylic acids is 1. The van der Waals surface area contributed by atoms with Gasteiger partial charge in [0.05, 0.1) is 11.9 Å². The summed E-state index contributed by atoms with van der Waals surface area (Å²) in [6, 6.07) is 0. The Morgan fingerprint density at radius 3 is 2.76 bits per heavy atom. The molecular formula is C11H21NO4S. The molecule has 0 aliphatic carbocycles. The van der Waals surface area contributed by atoms with Crippen molar-refractivity contribution in [2.24, 2.45) is 0 Å². The zero-order chi connectivity index (χ0) is 12.9. The molecule has 2 unspecified atom stereocenters. The minimum atomic E-state index is -3.25. The predicted molar refractivity (Wildman–Crippen MR) is 65.4 cm³/mol. The molecule has 2 atom stereocenters. The van der Waals surface area contributed by atoms with Gasteiger partial charge in [-0.05, 0) is 25.7 Å². The molecule has 0 spiro atoms. The Labute approximate surface area is 103 Å². The monoisotopic (exact) mass is 263 g/mol. The summed E-state index contributed by atoms with van der Waals surface area (Å²) in [7, 11) is -3.25. The van der Waals surface area contributed by atoms with Crippen LogP contribution < -0.4 is 5.32 Å². The van der Waals surface area contributed by atoms with Crippen molar-refractivity contribution in [1.29, 1.82) is 0 Å². The number of hydrogen-bond acceptors (Lipinski definition) is 4. The summed E-state index contributed by atoms with van der Waals surface area (Å²) in [5, 5.41) is 11.0. The van der Waals surface area contributed by atoms with Crippen LogP contribution in [0.15, 0.2) is 0 Å². The average molecular weight is 263 g/mol. The lowest BCUT2D eigenvalue weighted by Crippen LogP contribution is -2.43. The molecule has 1 saturated heterocycles. The molecule has 5 nitrogen and oxygen atoms in total. The number of amides is 1. The lowest BCUT2D eigenvalue weighted by molar-refractivity contribution is -0.120. The molecule has 6 heteroatoms. The number of carbonyl (C=O) groups is 1. The van der Waals surface area contributed by atoms with Gasteiger partial charge in [0.1, 0.15) is 5.25 Å². The molecule has 1 aliphatic heterocycles. The van der Waals surface area contributed by atoms with Gasteiger partial charge in [0, 0.05) is 6.54 Å². The molecule has 0 saturated carbocycles. The number of nitrogens with one attached hydrogen (secondary N) is 1. The third kappa shape index (κ3) is 4.27. The Bertz CT molecular complexity index is 352. The second-order valence-electron chi connectivity index (χ2n) is 4.49. The number of rotatable bonds is 5. The molecule has 1 rings (SSSR count). The lowest BCUT2D eigenvalue weighted by Gasteiger charge is -2.21. The van der Waals surface area contributed by atoms with E-state index in [2.05, 4.69) is 5.32 Å². The van der Waals surface area contributed by atoms with Crippen molar-refractivity contribution in [2.75, 3.05) is 12.3 Å². The Hall–Kier alpha value is -0.620. The third-order valence-electron chi connectivity index (χ3n) is 3.12. The van der Waals surface area contributed by atoms with E-state index in [0.29, 0.717) is 32.2 Å².